The molecule has 2 aliphatic carbocycles. The third-order valence-corrected chi connectivity index (χ3v) is 8.21. The van der Waals surface area contributed by atoms with Crippen LogP contribution < -0.4 is 4.90 Å². The van der Waals surface area contributed by atoms with E-state index < -0.39 is 0 Å². The topological polar surface area (TPSA) is 33.2 Å². The molecule has 2 aliphatic rings. The fraction of sp³-hybridized carbons (Fsp3) is 0.385. The van der Waals surface area contributed by atoms with Crippen molar-refractivity contribution in [3.63, 3.8) is 0 Å². The zero-order valence-corrected chi connectivity index (χ0v) is 20.4. The molecular weight excluding hydrogens is 468 g/mol. The lowest BCUT2D eigenvalue weighted by Crippen LogP contribution is -2.29. The molecule has 1 heterocycles. The standard InChI is InChI=1S/C26H27BrN2OS/c1-16-9-17(2)11-23(10-16)29(25(30)14-21-13-18-3-4-20(21)12-18)26-28-24(15-31-26)19-5-7-22(27)8-6-19/h5-11,15,18,20-21H,3-4,12-14H2,1-2H3/t18-,20-,21-/m1/s1. The van der Waals surface area contributed by atoms with Crippen LogP contribution >= 0.6 is 27.3 Å². The number of aromatic nitrogens is 1. The van der Waals surface area contributed by atoms with Crippen molar-refractivity contribution in [1.29, 1.82) is 0 Å². The van der Waals surface area contributed by atoms with Crippen LogP contribution in [0.15, 0.2) is 52.3 Å². The molecule has 0 spiro atoms. The molecule has 0 unspecified atom stereocenters. The van der Waals surface area contributed by atoms with Gasteiger partial charge in [-0.2, -0.15) is 0 Å². The summed E-state index contributed by atoms with van der Waals surface area (Å²) in [7, 11) is 0. The Morgan fingerprint density at radius 2 is 1.84 bits per heavy atom. The van der Waals surface area contributed by atoms with Gasteiger partial charge in [-0.3, -0.25) is 9.69 Å². The van der Waals surface area contributed by atoms with E-state index in [0.29, 0.717) is 12.3 Å². The molecule has 3 nitrogen and oxygen atoms in total. The van der Waals surface area contributed by atoms with Crippen molar-refractivity contribution in [3.8, 4) is 11.3 Å². The van der Waals surface area contributed by atoms with Gasteiger partial charge in [0.2, 0.25) is 5.91 Å². The molecule has 31 heavy (non-hydrogen) atoms. The van der Waals surface area contributed by atoms with Gasteiger partial charge in [0, 0.05) is 21.8 Å². The molecule has 2 fully saturated rings. The maximum absolute atomic E-state index is 13.7. The van der Waals surface area contributed by atoms with E-state index in [9.17, 15) is 4.79 Å². The highest BCUT2D eigenvalue weighted by atomic mass is 79.9. The predicted molar refractivity (Wildman–Crippen MR) is 132 cm³/mol. The van der Waals surface area contributed by atoms with E-state index >= 15 is 0 Å². The lowest BCUT2D eigenvalue weighted by atomic mass is 9.86. The Hall–Kier alpha value is -1.98. The highest BCUT2D eigenvalue weighted by molar-refractivity contribution is 9.10. The maximum Gasteiger partial charge on any atom is 0.233 e. The van der Waals surface area contributed by atoms with Crippen molar-refractivity contribution in [2.75, 3.05) is 4.90 Å². The van der Waals surface area contributed by atoms with E-state index in [1.807, 2.05) is 17.0 Å². The summed E-state index contributed by atoms with van der Waals surface area (Å²) >= 11 is 5.04. The summed E-state index contributed by atoms with van der Waals surface area (Å²) in [5.41, 5.74) is 5.23. The molecule has 1 amide bonds. The van der Waals surface area contributed by atoms with Crippen molar-refractivity contribution in [1.82, 2.24) is 4.98 Å². The van der Waals surface area contributed by atoms with Gasteiger partial charge in [-0.25, -0.2) is 4.98 Å². The van der Waals surface area contributed by atoms with E-state index in [0.717, 1.165) is 49.5 Å². The summed E-state index contributed by atoms with van der Waals surface area (Å²) in [5.74, 6) is 2.30. The molecule has 5 heteroatoms. The summed E-state index contributed by atoms with van der Waals surface area (Å²) in [5, 5.41) is 2.81. The number of aryl methyl sites for hydroxylation is 2. The number of amides is 1. The first-order chi connectivity index (χ1) is 15.0. The van der Waals surface area contributed by atoms with Crippen molar-refractivity contribution >= 4 is 44.0 Å². The zero-order valence-electron chi connectivity index (χ0n) is 18.0. The van der Waals surface area contributed by atoms with Gasteiger partial charge in [0.25, 0.3) is 0 Å². The van der Waals surface area contributed by atoms with Crippen LogP contribution in [0.4, 0.5) is 10.8 Å². The number of nitrogens with zero attached hydrogens (tertiary/aromatic N) is 2. The van der Waals surface area contributed by atoms with E-state index in [4.69, 9.17) is 4.98 Å². The zero-order chi connectivity index (χ0) is 21.5. The van der Waals surface area contributed by atoms with E-state index in [-0.39, 0.29) is 5.91 Å². The number of anilines is 2. The molecule has 2 saturated carbocycles. The Morgan fingerprint density at radius 3 is 2.48 bits per heavy atom. The van der Waals surface area contributed by atoms with Crippen LogP contribution in [0.1, 0.15) is 43.2 Å². The van der Waals surface area contributed by atoms with Crippen LogP contribution in [0, 0.1) is 31.6 Å². The molecule has 3 atom stereocenters. The lowest BCUT2D eigenvalue weighted by Gasteiger charge is -2.26. The van der Waals surface area contributed by atoms with Crippen molar-refractivity contribution in [3.05, 3.63) is 63.4 Å². The van der Waals surface area contributed by atoms with E-state index in [1.165, 1.54) is 25.7 Å². The monoisotopic (exact) mass is 494 g/mol. The Balaban J connectivity index is 1.48. The Kier molecular flexibility index (Phi) is 5.74. The van der Waals surface area contributed by atoms with E-state index in [1.54, 1.807) is 11.3 Å². The average Bonchev–Trinajstić information content (AvgIpc) is 3.45. The summed E-state index contributed by atoms with van der Waals surface area (Å²) in [6.07, 6.45) is 5.84. The Morgan fingerprint density at radius 1 is 1.10 bits per heavy atom. The summed E-state index contributed by atoms with van der Waals surface area (Å²) in [6, 6.07) is 14.5. The van der Waals surface area contributed by atoms with Gasteiger partial charge in [-0.1, -0.05) is 40.5 Å². The highest BCUT2D eigenvalue weighted by Crippen LogP contribution is 2.50. The fourth-order valence-electron chi connectivity index (χ4n) is 5.50. The summed E-state index contributed by atoms with van der Waals surface area (Å²) in [6.45, 7) is 4.17. The largest absolute Gasteiger partial charge is 0.274 e. The van der Waals surface area contributed by atoms with Gasteiger partial charge < -0.3 is 0 Å². The van der Waals surface area contributed by atoms with Crippen LogP contribution in [0.5, 0.6) is 0 Å². The Labute approximate surface area is 196 Å². The van der Waals surface area contributed by atoms with Gasteiger partial charge in [0.15, 0.2) is 5.13 Å². The van der Waals surface area contributed by atoms with Crippen LogP contribution in [0.2, 0.25) is 0 Å². The molecule has 0 radical (unpaired) electrons. The molecule has 2 bridgehead atoms. The number of benzene rings is 2. The van der Waals surface area contributed by atoms with Gasteiger partial charge >= 0.3 is 0 Å². The van der Waals surface area contributed by atoms with Gasteiger partial charge in [-0.05, 0) is 86.3 Å². The summed E-state index contributed by atoms with van der Waals surface area (Å²) in [4.78, 5) is 20.4. The number of thiazole rings is 1. The number of halogens is 1. The molecule has 0 N–H and O–H groups in total. The maximum atomic E-state index is 13.7. The minimum absolute atomic E-state index is 0.180. The second-order valence-electron chi connectivity index (χ2n) is 9.24. The number of fused-ring (bicyclic) bond motifs is 2. The van der Waals surface area contributed by atoms with Crippen LogP contribution in [0.3, 0.4) is 0 Å². The average molecular weight is 495 g/mol. The summed E-state index contributed by atoms with van der Waals surface area (Å²) < 4.78 is 1.05. The molecule has 0 aliphatic heterocycles. The van der Waals surface area contributed by atoms with Gasteiger partial charge in [0.05, 0.1) is 11.4 Å². The van der Waals surface area contributed by atoms with Crippen LogP contribution in [0.25, 0.3) is 11.3 Å². The third-order valence-electron chi connectivity index (χ3n) is 6.86. The molecule has 160 valence electrons. The fourth-order valence-corrected chi connectivity index (χ4v) is 6.64. The number of carbonyl (C=O) groups is 1. The first-order valence-electron chi connectivity index (χ1n) is 11.1. The van der Waals surface area contributed by atoms with Gasteiger partial charge in [-0.15, -0.1) is 11.3 Å². The smallest absolute Gasteiger partial charge is 0.233 e. The number of rotatable bonds is 5. The molecule has 2 aromatic carbocycles. The molecular formula is C26H27BrN2OS. The number of hydrogen-bond donors (Lipinski definition) is 0. The Bertz CT molecular complexity index is 1090. The van der Waals surface area contributed by atoms with Crippen molar-refractivity contribution in [2.24, 2.45) is 17.8 Å². The molecule has 3 aromatic rings. The molecule has 1 aromatic heterocycles. The predicted octanol–water partition coefficient (Wildman–Crippen LogP) is 7.68. The van der Waals surface area contributed by atoms with Crippen molar-refractivity contribution in [2.45, 2.75) is 46.0 Å². The SMILES string of the molecule is Cc1cc(C)cc(N(C(=O)C[C@H]2C[C@@H]3CC[C@@H]2C3)c2nc(-c3ccc(Br)cc3)cs2)c1. The number of carbonyl (C=O) groups excluding carboxylic acids is 1. The lowest BCUT2D eigenvalue weighted by molar-refractivity contribution is -0.119. The second-order valence-corrected chi connectivity index (χ2v) is 11.0. The second kappa shape index (κ2) is 8.51. The van der Waals surface area contributed by atoms with Crippen LogP contribution in [-0.4, -0.2) is 10.9 Å². The first-order valence-corrected chi connectivity index (χ1v) is 12.8. The molecule has 5 rings (SSSR count). The minimum atomic E-state index is 0.180. The van der Waals surface area contributed by atoms with E-state index in [2.05, 4.69) is 65.5 Å². The minimum Gasteiger partial charge on any atom is -0.274 e. The number of hydrogen-bond acceptors (Lipinski definition) is 3. The van der Waals surface area contributed by atoms with Crippen LogP contribution in [-0.2, 0) is 4.79 Å². The molecule has 0 saturated heterocycles. The highest BCUT2D eigenvalue weighted by Gasteiger charge is 2.41. The quantitative estimate of drug-likeness (QED) is 0.364. The van der Waals surface area contributed by atoms with Gasteiger partial charge in [0.1, 0.15) is 0 Å². The third kappa shape index (κ3) is 4.35. The van der Waals surface area contributed by atoms with Crippen molar-refractivity contribution < 1.29 is 4.79 Å². The first kappa shape index (κ1) is 20.9. The normalized spacial score (nSPS) is 22.1.